The predicted molar refractivity (Wildman–Crippen MR) is 134 cm³/mol. The number of nitrogens with zero attached hydrogens (tertiary/aromatic N) is 2. The highest BCUT2D eigenvalue weighted by atomic mass is 35.5. The molecule has 1 atom stereocenters. The maximum Gasteiger partial charge on any atom is 0.237 e. The minimum atomic E-state index is -0.318. The van der Waals surface area contributed by atoms with Gasteiger partial charge in [0.15, 0.2) is 0 Å². The summed E-state index contributed by atoms with van der Waals surface area (Å²) >= 11 is 5.97. The van der Waals surface area contributed by atoms with Gasteiger partial charge in [0.1, 0.15) is 0 Å². The van der Waals surface area contributed by atoms with Gasteiger partial charge in [-0.05, 0) is 47.4 Å². The molecule has 2 N–H and O–H groups in total. The molecule has 0 saturated carbocycles. The first-order valence-corrected chi connectivity index (χ1v) is 11.8. The molecule has 3 aromatic carbocycles. The van der Waals surface area contributed by atoms with Crippen molar-refractivity contribution in [3.05, 3.63) is 89.4 Å². The summed E-state index contributed by atoms with van der Waals surface area (Å²) in [6.45, 7) is 3.78. The van der Waals surface area contributed by atoms with Gasteiger partial charge in [0.2, 0.25) is 5.91 Å². The van der Waals surface area contributed by atoms with Crippen molar-refractivity contribution in [3.63, 3.8) is 0 Å². The molecule has 0 radical (unpaired) electrons. The highest BCUT2D eigenvalue weighted by molar-refractivity contribution is 6.30. The monoisotopic (exact) mass is 463 g/mol. The van der Waals surface area contributed by atoms with Crippen LogP contribution in [0, 0.1) is 0 Å². The Morgan fingerprint density at radius 1 is 0.879 bits per heavy atom. The number of carbonyl (C=O) groups excluding carboxylic acids is 1. The van der Waals surface area contributed by atoms with Gasteiger partial charge in [-0.15, -0.1) is 0 Å². The van der Waals surface area contributed by atoms with E-state index in [-0.39, 0.29) is 18.6 Å². The van der Waals surface area contributed by atoms with Crippen LogP contribution in [0.25, 0.3) is 11.1 Å². The summed E-state index contributed by atoms with van der Waals surface area (Å²) < 4.78 is 0. The van der Waals surface area contributed by atoms with Crippen LogP contribution in [-0.4, -0.2) is 54.7 Å². The molecule has 1 aliphatic heterocycles. The Morgan fingerprint density at radius 2 is 1.48 bits per heavy atom. The minimum absolute atomic E-state index is 0.00717. The lowest BCUT2D eigenvalue weighted by Gasteiger charge is -2.39. The molecular formula is C27H30ClN3O2. The van der Waals surface area contributed by atoms with Crippen LogP contribution >= 0.6 is 11.6 Å². The number of amides is 1. The van der Waals surface area contributed by atoms with Crippen molar-refractivity contribution in [1.82, 2.24) is 10.2 Å². The Labute approximate surface area is 200 Å². The topological polar surface area (TPSA) is 55.8 Å². The second kappa shape index (κ2) is 11.3. The van der Waals surface area contributed by atoms with Gasteiger partial charge in [0, 0.05) is 50.0 Å². The maximum atomic E-state index is 13.0. The highest BCUT2D eigenvalue weighted by Crippen LogP contribution is 2.22. The molecule has 1 fully saturated rings. The van der Waals surface area contributed by atoms with Crippen LogP contribution in [0.2, 0.25) is 5.02 Å². The van der Waals surface area contributed by atoms with Crippen LogP contribution in [0.1, 0.15) is 12.0 Å². The van der Waals surface area contributed by atoms with Crippen LogP contribution in [0.4, 0.5) is 5.69 Å². The molecule has 4 rings (SSSR count). The van der Waals surface area contributed by atoms with E-state index < -0.39 is 0 Å². The number of aliphatic hydroxyl groups excluding tert-OH is 1. The van der Waals surface area contributed by atoms with E-state index in [1.54, 1.807) is 0 Å². The van der Waals surface area contributed by atoms with Crippen molar-refractivity contribution in [2.24, 2.45) is 0 Å². The van der Waals surface area contributed by atoms with E-state index in [0.717, 1.165) is 47.9 Å². The first-order chi connectivity index (χ1) is 16.1. The van der Waals surface area contributed by atoms with E-state index in [2.05, 4.69) is 39.4 Å². The van der Waals surface area contributed by atoms with E-state index in [9.17, 15) is 9.90 Å². The van der Waals surface area contributed by atoms with Gasteiger partial charge in [-0.25, -0.2) is 0 Å². The normalized spacial score (nSPS) is 15.3. The average molecular weight is 464 g/mol. The number of rotatable bonds is 8. The van der Waals surface area contributed by atoms with Crippen molar-refractivity contribution in [2.75, 3.05) is 37.7 Å². The number of halogens is 1. The molecule has 1 saturated heterocycles. The quantitative estimate of drug-likeness (QED) is 0.525. The third-order valence-corrected chi connectivity index (χ3v) is 6.43. The summed E-state index contributed by atoms with van der Waals surface area (Å²) in [6, 6.07) is 26.0. The average Bonchev–Trinajstić information content (AvgIpc) is 2.87. The van der Waals surface area contributed by atoms with Gasteiger partial charge in [-0.2, -0.15) is 0 Å². The largest absolute Gasteiger partial charge is 0.396 e. The standard InChI is InChI=1S/C27H30ClN3O2/c28-24-12-10-23(11-13-24)22-8-6-21(7-9-22)20-29-27(33)26(14-19-32)31-17-15-30(16-18-31)25-4-2-1-3-5-25/h1-13,26,32H,14-20H2,(H,29,33). The molecule has 6 heteroatoms. The molecule has 33 heavy (non-hydrogen) atoms. The van der Waals surface area contributed by atoms with E-state index in [0.29, 0.717) is 13.0 Å². The SMILES string of the molecule is O=C(NCc1ccc(-c2ccc(Cl)cc2)cc1)C(CCO)N1CCN(c2ccccc2)CC1. The van der Waals surface area contributed by atoms with Gasteiger partial charge < -0.3 is 15.3 Å². The molecule has 0 aliphatic carbocycles. The van der Waals surface area contributed by atoms with Gasteiger partial charge in [-0.1, -0.05) is 66.2 Å². The zero-order valence-electron chi connectivity index (χ0n) is 18.7. The number of hydrogen-bond donors (Lipinski definition) is 2. The number of carbonyl (C=O) groups is 1. The third kappa shape index (κ3) is 6.14. The smallest absolute Gasteiger partial charge is 0.237 e. The van der Waals surface area contributed by atoms with Crippen molar-refractivity contribution < 1.29 is 9.90 Å². The maximum absolute atomic E-state index is 13.0. The zero-order chi connectivity index (χ0) is 23.0. The first kappa shape index (κ1) is 23.3. The Hall–Kier alpha value is -2.86. The molecule has 1 heterocycles. The number of para-hydroxylation sites is 1. The van der Waals surface area contributed by atoms with E-state index in [1.807, 2.05) is 54.6 Å². The lowest BCUT2D eigenvalue weighted by atomic mass is 10.0. The number of hydrogen-bond acceptors (Lipinski definition) is 4. The van der Waals surface area contributed by atoms with Gasteiger partial charge in [0.05, 0.1) is 6.04 Å². The molecule has 3 aromatic rings. The highest BCUT2D eigenvalue weighted by Gasteiger charge is 2.28. The molecule has 0 spiro atoms. The molecule has 1 aliphatic rings. The fourth-order valence-electron chi connectivity index (χ4n) is 4.30. The van der Waals surface area contributed by atoms with Crippen LogP contribution in [0.3, 0.4) is 0 Å². The Morgan fingerprint density at radius 3 is 2.09 bits per heavy atom. The zero-order valence-corrected chi connectivity index (χ0v) is 19.4. The van der Waals surface area contributed by atoms with Crippen LogP contribution < -0.4 is 10.2 Å². The minimum Gasteiger partial charge on any atom is -0.396 e. The first-order valence-electron chi connectivity index (χ1n) is 11.4. The third-order valence-electron chi connectivity index (χ3n) is 6.18. The number of anilines is 1. The van der Waals surface area contributed by atoms with Gasteiger partial charge >= 0.3 is 0 Å². The van der Waals surface area contributed by atoms with Gasteiger partial charge in [-0.3, -0.25) is 9.69 Å². The van der Waals surface area contributed by atoms with Crippen LogP contribution in [-0.2, 0) is 11.3 Å². The predicted octanol–water partition coefficient (Wildman–Crippen LogP) is 4.20. The van der Waals surface area contributed by atoms with Crippen molar-refractivity contribution >= 4 is 23.2 Å². The molecule has 0 bridgehead atoms. The lowest BCUT2D eigenvalue weighted by molar-refractivity contribution is -0.127. The van der Waals surface area contributed by atoms with E-state index >= 15 is 0 Å². The number of benzene rings is 3. The lowest BCUT2D eigenvalue weighted by Crippen LogP contribution is -2.55. The molecular weight excluding hydrogens is 434 g/mol. The summed E-state index contributed by atoms with van der Waals surface area (Å²) in [5, 5.41) is 13.3. The number of piperazine rings is 1. The summed E-state index contributed by atoms with van der Waals surface area (Å²) in [5.74, 6) is -0.0287. The Kier molecular flexibility index (Phi) is 8.00. The second-order valence-corrected chi connectivity index (χ2v) is 8.74. The summed E-state index contributed by atoms with van der Waals surface area (Å²) in [4.78, 5) is 17.5. The fourth-order valence-corrected chi connectivity index (χ4v) is 4.42. The fraction of sp³-hybridized carbons (Fsp3) is 0.296. The molecule has 5 nitrogen and oxygen atoms in total. The molecule has 0 aromatic heterocycles. The molecule has 172 valence electrons. The van der Waals surface area contributed by atoms with Crippen LogP contribution in [0.15, 0.2) is 78.9 Å². The van der Waals surface area contributed by atoms with Crippen molar-refractivity contribution in [2.45, 2.75) is 19.0 Å². The number of nitrogens with one attached hydrogen (secondary N) is 1. The number of aliphatic hydroxyl groups is 1. The van der Waals surface area contributed by atoms with Crippen molar-refractivity contribution in [3.8, 4) is 11.1 Å². The summed E-state index contributed by atoms with van der Waals surface area (Å²) in [7, 11) is 0. The van der Waals surface area contributed by atoms with Crippen molar-refractivity contribution in [1.29, 1.82) is 0 Å². The van der Waals surface area contributed by atoms with Gasteiger partial charge in [0.25, 0.3) is 0 Å². The molecule has 1 amide bonds. The van der Waals surface area contributed by atoms with E-state index in [1.165, 1.54) is 5.69 Å². The summed E-state index contributed by atoms with van der Waals surface area (Å²) in [6.07, 6.45) is 0.437. The Bertz CT molecular complexity index is 1020. The second-order valence-electron chi connectivity index (χ2n) is 8.31. The molecule has 1 unspecified atom stereocenters. The van der Waals surface area contributed by atoms with E-state index in [4.69, 9.17) is 11.6 Å². The summed E-state index contributed by atoms with van der Waals surface area (Å²) in [5.41, 5.74) is 4.46. The Balaban J connectivity index is 1.31. The van der Waals surface area contributed by atoms with Crippen LogP contribution in [0.5, 0.6) is 0 Å².